The van der Waals surface area contributed by atoms with Crippen molar-refractivity contribution >= 4 is 11.7 Å². The SMILES string of the molecule is CCOC(=O)Cc1ccc(N)c(O)c1F. The van der Waals surface area contributed by atoms with E-state index in [-0.39, 0.29) is 24.3 Å². The first-order valence-electron chi connectivity index (χ1n) is 4.47. The van der Waals surface area contributed by atoms with Crippen molar-refractivity contribution in [2.75, 3.05) is 12.3 Å². The molecule has 0 aliphatic rings. The van der Waals surface area contributed by atoms with Gasteiger partial charge in [0.1, 0.15) is 0 Å². The van der Waals surface area contributed by atoms with Crippen molar-refractivity contribution in [3.8, 4) is 5.75 Å². The number of hydrogen-bond acceptors (Lipinski definition) is 4. The summed E-state index contributed by atoms with van der Waals surface area (Å²) in [6, 6.07) is 2.69. The van der Waals surface area contributed by atoms with Crippen molar-refractivity contribution in [1.29, 1.82) is 0 Å². The molecule has 15 heavy (non-hydrogen) atoms. The molecule has 0 heterocycles. The molecule has 82 valence electrons. The van der Waals surface area contributed by atoms with Crippen molar-refractivity contribution in [3.05, 3.63) is 23.5 Å². The summed E-state index contributed by atoms with van der Waals surface area (Å²) in [7, 11) is 0. The van der Waals surface area contributed by atoms with Gasteiger partial charge in [-0.15, -0.1) is 0 Å². The summed E-state index contributed by atoms with van der Waals surface area (Å²) in [6.07, 6.45) is -0.215. The monoisotopic (exact) mass is 213 g/mol. The van der Waals surface area contributed by atoms with Gasteiger partial charge in [-0.2, -0.15) is 0 Å². The summed E-state index contributed by atoms with van der Waals surface area (Å²) >= 11 is 0. The lowest BCUT2D eigenvalue weighted by Crippen LogP contribution is -2.09. The zero-order chi connectivity index (χ0) is 11.4. The van der Waals surface area contributed by atoms with Gasteiger partial charge >= 0.3 is 5.97 Å². The number of carbonyl (C=O) groups is 1. The van der Waals surface area contributed by atoms with E-state index in [0.717, 1.165) is 0 Å². The number of aromatic hydroxyl groups is 1. The second kappa shape index (κ2) is 4.63. The van der Waals surface area contributed by atoms with E-state index < -0.39 is 17.5 Å². The Labute approximate surface area is 86.5 Å². The van der Waals surface area contributed by atoms with Crippen LogP contribution in [0.25, 0.3) is 0 Å². The van der Waals surface area contributed by atoms with E-state index in [2.05, 4.69) is 4.74 Å². The van der Waals surface area contributed by atoms with Crippen LogP contribution < -0.4 is 5.73 Å². The third-order valence-electron chi connectivity index (χ3n) is 1.87. The van der Waals surface area contributed by atoms with Crippen molar-refractivity contribution in [2.45, 2.75) is 13.3 Å². The Morgan fingerprint density at radius 2 is 2.27 bits per heavy atom. The Morgan fingerprint density at radius 1 is 1.60 bits per heavy atom. The fraction of sp³-hybridized carbons (Fsp3) is 0.300. The van der Waals surface area contributed by atoms with Gasteiger partial charge in [0.2, 0.25) is 0 Å². The van der Waals surface area contributed by atoms with Crippen LogP contribution >= 0.6 is 0 Å². The third kappa shape index (κ3) is 2.59. The number of phenolic OH excluding ortho intramolecular Hbond substituents is 1. The fourth-order valence-electron chi connectivity index (χ4n) is 1.13. The van der Waals surface area contributed by atoms with Crippen LogP contribution in [0.3, 0.4) is 0 Å². The molecule has 1 aromatic rings. The Hall–Kier alpha value is -1.78. The molecule has 4 nitrogen and oxygen atoms in total. The number of nitrogen functional groups attached to an aromatic ring is 1. The lowest BCUT2D eigenvalue weighted by Gasteiger charge is -2.06. The average molecular weight is 213 g/mol. The van der Waals surface area contributed by atoms with Crippen molar-refractivity contribution in [1.82, 2.24) is 0 Å². The number of carbonyl (C=O) groups excluding carboxylic acids is 1. The van der Waals surface area contributed by atoms with Gasteiger partial charge < -0.3 is 15.6 Å². The first kappa shape index (κ1) is 11.3. The van der Waals surface area contributed by atoms with E-state index in [1.807, 2.05) is 0 Å². The number of halogens is 1. The molecule has 0 atom stereocenters. The molecule has 0 aliphatic carbocycles. The van der Waals surface area contributed by atoms with E-state index in [1.165, 1.54) is 12.1 Å². The number of hydrogen-bond donors (Lipinski definition) is 2. The molecule has 1 rings (SSSR count). The topological polar surface area (TPSA) is 72.5 Å². The molecule has 3 N–H and O–H groups in total. The highest BCUT2D eigenvalue weighted by atomic mass is 19.1. The maximum atomic E-state index is 13.3. The summed E-state index contributed by atoms with van der Waals surface area (Å²) in [5.41, 5.74) is 5.29. The Morgan fingerprint density at radius 3 is 2.87 bits per heavy atom. The second-order valence-corrected chi connectivity index (χ2v) is 2.96. The molecule has 0 radical (unpaired) electrons. The summed E-state index contributed by atoms with van der Waals surface area (Å²) < 4.78 is 18.0. The average Bonchev–Trinajstić information content (AvgIpc) is 2.20. The minimum atomic E-state index is -0.872. The highest BCUT2D eigenvalue weighted by molar-refractivity contribution is 5.73. The van der Waals surface area contributed by atoms with Crippen LogP contribution in [-0.2, 0) is 16.0 Å². The first-order chi connectivity index (χ1) is 7.06. The number of nitrogens with two attached hydrogens (primary N) is 1. The molecule has 1 aromatic carbocycles. The fourth-order valence-corrected chi connectivity index (χ4v) is 1.13. The number of anilines is 1. The van der Waals surface area contributed by atoms with Gasteiger partial charge in [-0.3, -0.25) is 4.79 Å². The molecule has 0 aliphatic heterocycles. The quantitative estimate of drug-likeness (QED) is 0.450. The summed E-state index contributed by atoms with van der Waals surface area (Å²) in [5.74, 6) is -2.04. The van der Waals surface area contributed by atoms with E-state index in [1.54, 1.807) is 6.92 Å². The molecule has 0 fully saturated rings. The van der Waals surface area contributed by atoms with E-state index in [4.69, 9.17) is 5.73 Å². The molecule has 0 spiro atoms. The highest BCUT2D eigenvalue weighted by Crippen LogP contribution is 2.26. The number of esters is 1. The molecule has 0 saturated carbocycles. The predicted molar refractivity (Wildman–Crippen MR) is 52.8 cm³/mol. The minimum absolute atomic E-state index is 0.0555. The van der Waals surface area contributed by atoms with Crippen LogP contribution in [0.5, 0.6) is 5.75 Å². The molecule has 0 amide bonds. The second-order valence-electron chi connectivity index (χ2n) is 2.96. The van der Waals surface area contributed by atoms with Crippen LogP contribution in [0.1, 0.15) is 12.5 Å². The largest absolute Gasteiger partial charge is 0.503 e. The smallest absolute Gasteiger partial charge is 0.310 e. The summed E-state index contributed by atoms with van der Waals surface area (Å²) in [5, 5.41) is 9.18. The first-order valence-corrected chi connectivity index (χ1v) is 4.47. The molecule has 0 saturated heterocycles. The zero-order valence-corrected chi connectivity index (χ0v) is 8.29. The molecule has 0 bridgehead atoms. The van der Waals surface area contributed by atoms with E-state index >= 15 is 0 Å². The van der Waals surface area contributed by atoms with Crippen molar-refractivity contribution < 1.29 is 19.0 Å². The van der Waals surface area contributed by atoms with Gasteiger partial charge in [0.15, 0.2) is 11.6 Å². The number of benzene rings is 1. The Bertz CT molecular complexity index is 379. The standard InChI is InChI=1S/C10H12FNO3/c1-2-15-8(13)5-6-3-4-7(12)10(14)9(6)11/h3-4,14H,2,5,12H2,1H3. The number of phenols is 1. The maximum absolute atomic E-state index is 13.3. The van der Waals surface area contributed by atoms with Crippen LogP contribution in [0.15, 0.2) is 12.1 Å². The maximum Gasteiger partial charge on any atom is 0.310 e. The minimum Gasteiger partial charge on any atom is -0.503 e. The third-order valence-corrected chi connectivity index (χ3v) is 1.87. The normalized spacial score (nSPS) is 10.0. The molecular formula is C10H12FNO3. The van der Waals surface area contributed by atoms with Crippen molar-refractivity contribution in [2.24, 2.45) is 0 Å². The number of ether oxygens (including phenoxy) is 1. The number of rotatable bonds is 3. The van der Waals surface area contributed by atoms with Gasteiger partial charge in [-0.05, 0) is 13.0 Å². The lowest BCUT2D eigenvalue weighted by atomic mass is 10.1. The molecule has 0 unspecified atom stereocenters. The Balaban J connectivity index is 2.87. The molecule has 5 heteroatoms. The summed E-state index contributed by atoms with van der Waals surface area (Å²) in [4.78, 5) is 11.1. The van der Waals surface area contributed by atoms with Gasteiger partial charge in [0, 0.05) is 5.56 Å². The van der Waals surface area contributed by atoms with Gasteiger partial charge in [-0.1, -0.05) is 6.07 Å². The zero-order valence-electron chi connectivity index (χ0n) is 8.29. The summed E-state index contributed by atoms with van der Waals surface area (Å²) in [6.45, 7) is 1.90. The molecule has 0 aromatic heterocycles. The highest BCUT2D eigenvalue weighted by Gasteiger charge is 2.13. The molecular weight excluding hydrogens is 201 g/mol. The van der Waals surface area contributed by atoms with Gasteiger partial charge in [0.25, 0.3) is 0 Å². The van der Waals surface area contributed by atoms with Gasteiger partial charge in [0.05, 0.1) is 18.7 Å². The Kier molecular flexibility index (Phi) is 3.49. The van der Waals surface area contributed by atoms with Gasteiger partial charge in [-0.25, -0.2) is 4.39 Å². The van der Waals surface area contributed by atoms with E-state index in [0.29, 0.717) is 0 Å². The van der Waals surface area contributed by atoms with Crippen LogP contribution in [-0.4, -0.2) is 17.7 Å². The van der Waals surface area contributed by atoms with E-state index in [9.17, 15) is 14.3 Å². The van der Waals surface area contributed by atoms with Crippen LogP contribution in [0.4, 0.5) is 10.1 Å². The van der Waals surface area contributed by atoms with Crippen LogP contribution in [0.2, 0.25) is 0 Å². The lowest BCUT2D eigenvalue weighted by molar-refractivity contribution is -0.142. The van der Waals surface area contributed by atoms with Crippen LogP contribution in [0, 0.1) is 5.82 Å². The predicted octanol–water partition coefficient (Wildman–Crippen LogP) is 1.22. The van der Waals surface area contributed by atoms with Crippen molar-refractivity contribution in [3.63, 3.8) is 0 Å².